The van der Waals surface area contributed by atoms with Crippen LogP contribution in [0.1, 0.15) is 38.2 Å². The molecule has 0 spiro atoms. The van der Waals surface area contributed by atoms with Gasteiger partial charge in [0.05, 0.1) is 5.92 Å². The van der Waals surface area contributed by atoms with Gasteiger partial charge in [0.25, 0.3) is 10.2 Å². The second-order valence-corrected chi connectivity index (χ2v) is 10.1. The van der Waals surface area contributed by atoms with E-state index in [-0.39, 0.29) is 18.4 Å². The van der Waals surface area contributed by atoms with Gasteiger partial charge in [0.1, 0.15) is 0 Å². The van der Waals surface area contributed by atoms with Gasteiger partial charge < -0.3 is 5.32 Å². The highest BCUT2D eigenvalue weighted by molar-refractivity contribution is 7.86. The predicted molar refractivity (Wildman–Crippen MR) is 108 cm³/mol. The molecule has 0 aliphatic carbocycles. The fraction of sp³-hybridized carbons (Fsp3) is 0.632. The molecule has 1 unspecified atom stereocenters. The van der Waals surface area contributed by atoms with Crippen molar-refractivity contribution in [3.8, 4) is 0 Å². The van der Waals surface area contributed by atoms with Crippen LogP contribution in [0, 0.1) is 18.8 Å². The maximum absolute atomic E-state index is 13.0. The van der Waals surface area contributed by atoms with Crippen LogP contribution in [0.2, 0.25) is 5.02 Å². The first-order valence-corrected chi connectivity index (χ1v) is 11.4. The molecule has 1 atom stereocenters. The molecule has 2 saturated heterocycles. The molecule has 2 fully saturated rings. The number of hydrogen-bond acceptors (Lipinski definition) is 3. The first kappa shape index (κ1) is 20.6. The molecule has 1 aromatic carbocycles. The third-order valence-corrected chi connectivity index (χ3v) is 7.84. The van der Waals surface area contributed by atoms with Crippen LogP contribution in [-0.2, 0) is 15.0 Å². The van der Waals surface area contributed by atoms with Gasteiger partial charge in [-0.2, -0.15) is 17.0 Å². The highest BCUT2D eigenvalue weighted by Crippen LogP contribution is 2.27. The van der Waals surface area contributed by atoms with Gasteiger partial charge in [-0.3, -0.25) is 4.79 Å². The summed E-state index contributed by atoms with van der Waals surface area (Å²) in [6.07, 6.45) is 3.17. The summed E-state index contributed by atoms with van der Waals surface area (Å²) in [6, 6.07) is 5.36. The minimum absolute atomic E-state index is 0.146. The molecular weight excluding hydrogens is 386 g/mol. The zero-order valence-corrected chi connectivity index (χ0v) is 17.5. The van der Waals surface area contributed by atoms with E-state index in [0.717, 1.165) is 18.4 Å². The van der Waals surface area contributed by atoms with Crippen LogP contribution in [-0.4, -0.2) is 49.1 Å². The molecule has 6 nitrogen and oxygen atoms in total. The number of amides is 1. The van der Waals surface area contributed by atoms with E-state index in [1.807, 2.05) is 13.0 Å². The number of rotatable bonds is 4. The lowest BCUT2D eigenvalue weighted by Crippen LogP contribution is -2.51. The number of halogens is 1. The van der Waals surface area contributed by atoms with Gasteiger partial charge in [-0.1, -0.05) is 24.6 Å². The summed E-state index contributed by atoms with van der Waals surface area (Å²) < 4.78 is 29.0. The van der Waals surface area contributed by atoms with Crippen LogP contribution in [0.25, 0.3) is 0 Å². The lowest BCUT2D eigenvalue weighted by Gasteiger charge is -2.37. The van der Waals surface area contributed by atoms with Crippen molar-refractivity contribution in [1.29, 1.82) is 0 Å². The summed E-state index contributed by atoms with van der Waals surface area (Å²) in [5, 5.41) is 3.48. The first-order chi connectivity index (χ1) is 12.8. The van der Waals surface area contributed by atoms with E-state index in [1.54, 1.807) is 16.4 Å². The van der Waals surface area contributed by atoms with Crippen LogP contribution >= 0.6 is 11.6 Å². The van der Waals surface area contributed by atoms with Crippen molar-refractivity contribution < 1.29 is 13.2 Å². The monoisotopic (exact) mass is 413 g/mol. The molecule has 0 saturated carbocycles. The maximum Gasteiger partial charge on any atom is 0.281 e. The Hall–Kier alpha value is -1.15. The molecule has 150 valence electrons. The molecule has 0 radical (unpaired) electrons. The Balaban J connectivity index is 1.66. The molecule has 8 heteroatoms. The summed E-state index contributed by atoms with van der Waals surface area (Å²) in [5.41, 5.74) is 1.60. The molecule has 1 aromatic rings. The molecule has 0 aromatic heterocycles. The lowest BCUT2D eigenvalue weighted by atomic mass is 9.98. The maximum atomic E-state index is 13.0. The third-order valence-electron chi connectivity index (χ3n) is 5.61. The van der Waals surface area contributed by atoms with Gasteiger partial charge in [0, 0.05) is 36.9 Å². The second-order valence-electron chi connectivity index (χ2n) is 7.74. The first-order valence-electron chi connectivity index (χ1n) is 9.59. The van der Waals surface area contributed by atoms with Crippen molar-refractivity contribution in [3.63, 3.8) is 0 Å². The SMILES string of the molecule is Cc1ccc(Cl)cc1NC(=O)C1CCCN(S(=O)(=O)N2CCC(C)CC2)C1. The second kappa shape index (κ2) is 8.47. The highest BCUT2D eigenvalue weighted by Gasteiger charge is 2.37. The number of carbonyl (C=O) groups is 1. The average molecular weight is 414 g/mol. The van der Waals surface area contributed by atoms with Gasteiger partial charge in [0.2, 0.25) is 5.91 Å². The molecule has 27 heavy (non-hydrogen) atoms. The van der Waals surface area contributed by atoms with Crippen molar-refractivity contribution in [2.24, 2.45) is 11.8 Å². The van der Waals surface area contributed by atoms with Crippen molar-refractivity contribution in [2.45, 2.75) is 39.5 Å². The summed E-state index contributed by atoms with van der Waals surface area (Å²) in [7, 11) is -3.50. The Morgan fingerprint density at radius 3 is 2.56 bits per heavy atom. The van der Waals surface area contributed by atoms with Gasteiger partial charge >= 0.3 is 0 Å². The molecule has 0 bridgehead atoms. The summed E-state index contributed by atoms with van der Waals surface area (Å²) in [6.45, 7) is 5.91. The molecule has 2 heterocycles. The Kier molecular flexibility index (Phi) is 6.46. The number of piperidine rings is 2. The van der Waals surface area contributed by atoms with Gasteiger partial charge in [0.15, 0.2) is 0 Å². The Morgan fingerprint density at radius 1 is 1.15 bits per heavy atom. The average Bonchev–Trinajstić information content (AvgIpc) is 2.65. The van der Waals surface area contributed by atoms with Gasteiger partial charge in [-0.15, -0.1) is 0 Å². The number of aryl methyl sites for hydroxylation is 1. The van der Waals surface area contributed by atoms with Crippen LogP contribution < -0.4 is 5.32 Å². The zero-order valence-electron chi connectivity index (χ0n) is 15.9. The van der Waals surface area contributed by atoms with E-state index in [1.165, 1.54) is 4.31 Å². The van der Waals surface area contributed by atoms with Crippen molar-refractivity contribution in [3.05, 3.63) is 28.8 Å². The van der Waals surface area contributed by atoms with Crippen LogP contribution in [0.3, 0.4) is 0 Å². The smallest absolute Gasteiger partial charge is 0.281 e. The number of nitrogens with one attached hydrogen (secondary N) is 1. The molecule has 1 amide bonds. The van der Waals surface area contributed by atoms with E-state index >= 15 is 0 Å². The summed E-state index contributed by atoms with van der Waals surface area (Å²) >= 11 is 6.02. The number of nitrogens with zero attached hydrogens (tertiary/aromatic N) is 2. The van der Waals surface area contributed by atoms with Crippen LogP contribution in [0.15, 0.2) is 18.2 Å². The largest absolute Gasteiger partial charge is 0.326 e. The van der Waals surface area contributed by atoms with Crippen molar-refractivity contribution >= 4 is 33.4 Å². The van der Waals surface area contributed by atoms with Crippen molar-refractivity contribution in [1.82, 2.24) is 8.61 Å². The predicted octanol–water partition coefficient (Wildman–Crippen LogP) is 3.28. The Morgan fingerprint density at radius 2 is 1.85 bits per heavy atom. The normalized spacial score (nSPS) is 23.3. The van der Waals surface area contributed by atoms with E-state index < -0.39 is 10.2 Å². The minimum atomic E-state index is -3.50. The van der Waals surface area contributed by atoms with Crippen LogP contribution in [0.5, 0.6) is 0 Å². The minimum Gasteiger partial charge on any atom is -0.326 e. The molecule has 2 aliphatic heterocycles. The molecule has 3 rings (SSSR count). The topological polar surface area (TPSA) is 69.7 Å². The Labute approximate surface area is 167 Å². The molecular formula is C19H28ClN3O3S. The summed E-state index contributed by atoms with van der Waals surface area (Å²) in [5.74, 6) is 0.0698. The van der Waals surface area contributed by atoms with E-state index in [4.69, 9.17) is 11.6 Å². The quantitative estimate of drug-likeness (QED) is 0.823. The van der Waals surface area contributed by atoms with Crippen molar-refractivity contribution in [2.75, 3.05) is 31.5 Å². The number of anilines is 1. The Bertz CT molecular complexity index is 791. The van der Waals surface area contributed by atoms with E-state index in [9.17, 15) is 13.2 Å². The van der Waals surface area contributed by atoms with Gasteiger partial charge in [-0.25, -0.2) is 0 Å². The molecule has 2 aliphatic rings. The fourth-order valence-corrected chi connectivity index (χ4v) is 5.61. The fourth-order valence-electron chi connectivity index (χ4n) is 3.71. The third kappa shape index (κ3) is 4.83. The van der Waals surface area contributed by atoms with Gasteiger partial charge in [-0.05, 0) is 56.2 Å². The summed E-state index contributed by atoms with van der Waals surface area (Å²) in [4.78, 5) is 12.7. The van der Waals surface area contributed by atoms with E-state index in [0.29, 0.717) is 49.1 Å². The highest BCUT2D eigenvalue weighted by atomic mass is 35.5. The van der Waals surface area contributed by atoms with E-state index in [2.05, 4.69) is 12.2 Å². The lowest BCUT2D eigenvalue weighted by molar-refractivity contribution is -0.120. The number of benzene rings is 1. The standard InChI is InChI=1S/C19H28ClN3O3S/c1-14-7-10-22(11-8-14)27(25,26)23-9-3-4-16(13-23)19(24)21-18-12-17(20)6-5-15(18)2/h5-6,12,14,16H,3-4,7-11,13H2,1-2H3,(H,21,24). The zero-order chi connectivity index (χ0) is 19.6. The van der Waals surface area contributed by atoms with Crippen LogP contribution in [0.4, 0.5) is 5.69 Å². The number of carbonyl (C=O) groups excluding carboxylic acids is 1. The number of hydrogen-bond donors (Lipinski definition) is 1. The molecule has 1 N–H and O–H groups in total.